The summed E-state index contributed by atoms with van der Waals surface area (Å²) >= 11 is 6.18. The summed E-state index contributed by atoms with van der Waals surface area (Å²) in [6.45, 7) is 0.708. The van der Waals surface area contributed by atoms with Crippen molar-refractivity contribution in [3.8, 4) is 17.6 Å². The van der Waals surface area contributed by atoms with Gasteiger partial charge in [-0.1, -0.05) is 30.9 Å². The molecule has 2 heterocycles. The minimum Gasteiger partial charge on any atom is -0.334 e. The molecular formula is C22H21ClF3N5O2S. The third kappa shape index (κ3) is 4.62. The van der Waals surface area contributed by atoms with Gasteiger partial charge >= 0.3 is 6.18 Å². The van der Waals surface area contributed by atoms with Crippen LogP contribution in [0.25, 0.3) is 22.4 Å². The fraction of sp³-hybridized carbons (Fsp3) is 0.409. The summed E-state index contributed by atoms with van der Waals surface area (Å²) in [7, 11) is -4.50. The summed E-state index contributed by atoms with van der Waals surface area (Å²) in [4.78, 5) is 7.79. The third-order valence-electron chi connectivity index (χ3n) is 5.99. The molecule has 0 spiro atoms. The maximum atomic E-state index is 12.8. The number of nitriles is 1. The first-order chi connectivity index (χ1) is 16.0. The van der Waals surface area contributed by atoms with E-state index in [1.807, 2.05) is 10.6 Å². The standard InChI is InChI=1S/C22H21ClF3N5O2S/c1-13(22(24,25)26)30-34(32,33)16-11-28-21(29-12-16)20-18(10-27)17-9-14(23)7-8-19(17)31(20)15-5-3-2-4-6-15/h7-9,11-13,15,30H,2-6H2,1H3. The van der Waals surface area contributed by atoms with E-state index in [1.54, 1.807) is 16.9 Å². The summed E-state index contributed by atoms with van der Waals surface area (Å²) < 4.78 is 66.8. The maximum absolute atomic E-state index is 12.8. The lowest BCUT2D eigenvalue weighted by Crippen LogP contribution is -2.43. The van der Waals surface area contributed by atoms with Crippen LogP contribution in [0.1, 0.15) is 50.6 Å². The van der Waals surface area contributed by atoms with Gasteiger partial charge in [-0.05, 0) is 38.0 Å². The van der Waals surface area contributed by atoms with Crippen LogP contribution in [0.5, 0.6) is 0 Å². The van der Waals surface area contributed by atoms with E-state index in [4.69, 9.17) is 11.6 Å². The van der Waals surface area contributed by atoms with Crippen LogP contribution in [0.3, 0.4) is 0 Å². The molecule has 4 rings (SSSR count). The SMILES string of the molecule is CC(NS(=O)(=O)c1cnc(-c2c(C#N)c3cc(Cl)ccc3n2C2CCCCC2)nc1)C(F)(F)F. The second-order valence-corrected chi connectivity index (χ2v) is 10.4. The van der Waals surface area contributed by atoms with Gasteiger partial charge in [-0.15, -0.1) is 0 Å². The van der Waals surface area contributed by atoms with Crippen molar-refractivity contribution in [2.24, 2.45) is 0 Å². The van der Waals surface area contributed by atoms with Gasteiger partial charge in [-0.25, -0.2) is 18.4 Å². The first-order valence-corrected chi connectivity index (χ1v) is 12.5. The number of alkyl halides is 3. The van der Waals surface area contributed by atoms with Gasteiger partial charge in [0, 0.05) is 16.5 Å². The van der Waals surface area contributed by atoms with E-state index in [9.17, 15) is 26.9 Å². The first kappa shape index (κ1) is 24.4. The third-order valence-corrected chi connectivity index (χ3v) is 7.72. The Hall–Kier alpha value is -2.68. The molecule has 7 nitrogen and oxygen atoms in total. The Labute approximate surface area is 199 Å². The van der Waals surface area contributed by atoms with E-state index < -0.39 is 27.1 Å². The van der Waals surface area contributed by atoms with Gasteiger partial charge in [-0.3, -0.25) is 0 Å². The fourth-order valence-electron chi connectivity index (χ4n) is 4.28. The van der Waals surface area contributed by atoms with Crippen LogP contribution < -0.4 is 4.72 Å². The zero-order valence-electron chi connectivity index (χ0n) is 18.1. The van der Waals surface area contributed by atoms with E-state index in [1.165, 1.54) is 0 Å². The predicted octanol–water partition coefficient (Wildman–Crippen LogP) is 5.36. The molecule has 1 aliphatic rings. The van der Waals surface area contributed by atoms with Crippen LogP contribution in [-0.2, 0) is 10.0 Å². The predicted molar refractivity (Wildman–Crippen MR) is 121 cm³/mol. The Balaban J connectivity index is 1.82. The fourth-order valence-corrected chi connectivity index (χ4v) is 5.57. The molecule has 0 bridgehead atoms. The average molecular weight is 512 g/mol. The molecule has 1 saturated carbocycles. The number of nitrogens with zero attached hydrogens (tertiary/aromatic N) is 4. The number of aromatic nitrogens is 3. The number of nitrogens with one attached hydrogen (secondary N) is 1. The number of hydrogen-bond acceptors (Lipinski definition) is 5. The highest BCUT2D eigenvalue weighted by Crippen LogP contribution is 2.40. The summed E-state index contributed by atoms with van der Waals surface area (Å²) in [5.74, 6) is 0.109. The molecule has 1 unspecified atom stereocenters. The van der Waals surface area contributed by atoms with Crippen molar-refractivity contribution >= 4 is 32.5 Å². The van der Waals surface area contributed by atoms with Crippen LogP contribution in [0.4, 0.5) is 13.2 Å². The molecule has 1 N–H and O–H groups in total. The molecular weight excluding hydrogens is 491 g/mol. The molecule has 1 atom stereocenters. The number of sulfonamides is 1. The molecule has 34 heavy (non-hydrogen) atoms. The molecule has 2 aromatic heterocycles. The molecule has 0 radical (unpaired) electrons. The lowest BCUT2D eigenvalue weighted by atomic mass is 9.95. The normalized spacial score (nSPS) is 16.5. The van der Waals surface area contributed by atoms with E-state index in [-0.39, 0.29) is 11.9 Å². The molecule has 0 saturated heterocycles. The van der Waals surface area contributed by atoms with Gasteiger partial charge in [0.1, 0.15) is 22.7 Å². The van der Waals surface area contributed by atoms with Gasteiger partial charge < -0.3 is 4.57 Å². The van der Waals surface area contributed by atoms with Crippen molar-refractivity contribution in [1.82, 2.24) is 19.3 Å². The second kappa shape index (κ2) is 9.17. The molecule has 0 aliphatic heterocycles. The lowest BCUT2D eigenvalue weighted by Gasteiger charge is -2.26. The maximum Gasteiger partial charge on any atom is 0.404 e. The van der Waals surface area contributed by atoms with Gasteiger partial charge in [0.2, 0.25) is 10.0 Å². The van der Waals surface area contributed by atoms with Gasteiger partial charge in [0.15, 0.2) is 5.82 Å². The van der Waals surface area contributed by atoms with Crippen molar-refractivity contribution in [3.63, 3.8) is 0 Å². The second-order valence-electron chi connectivity index (χ2n) is 8.29. The Morgan fingerprint density at radius 3 is 2.44 bits per heavy atom. The number of benzene rings is 1. The highest BCUT2D eigenvalue weighted by molar-refractivity contribution is 7.89. The summed E-state index contributed by atoms with van der Waals surface area (Å²) in [6, 6.07) is 5.27. The van der Waals surface area contributed by atoms with Crippen LogP contribution in [0.2, 0.25) is 5.02 Å². The van der Waals surface area contributed by atoms with E-state index >= 15 is 0 Å². The molecule has 1 aliphatic carbocycles. The van der Waals surface area contributed by atoms with Crippen LogP contribution in [0.15, 0.2) is 35.5 Å². The van der Waals surface area contributed by atoms with Crippen molar-refractivity contribution in [3.05, 3.63) is 41.2 Å². The smallest absolute Gasteiger partial charge is 0.334 e. The van der Waals surface area contributed by atoms with Gasteiger partial charge in [-0.2, -0.15) is 23.2 Å². The topological polar surface area (TPSA) is 101 Å². The number of halogens is 4. The Bertz CT molecular complexity index is 1360. The van der Waals surface area contributed by atoms with Crippen molar-refractivity contribution in [2.45, 2.75) is 62.2 Å². The van der Waals surface area contributed by atoms with Gasteiger partial charge in [0.25, 0.3) is 0 Å². The van der Waals surface area contributed by atoms with Crippen molar-refractivity contribution in [1.29, 1.82) is 5.26 Å². The minimum absolute atomic E-state index is 0.0934. The van der Waals surface area contributed by atoms with Crippen molar-refractivity contribution in [2.75, 3.05) is 0 Å². The van der Waals surface area contributed by atoms with Crippen LogP contribution in [0, 0.1) is 11.3 Å². The molecule has 12 heteroatoms. The van der Waals surface area contributed by atoms with E-state index in [2.05, 4.69) is 16.0 Å². The number of hydrogen-bond donors (Lipinski definition) is 1. The lowest BCUT2D eigenvalue weighted by molar-refractivity contribution is -0.147. The highest BCUT2D eigenvalue weighted by atomic mass is 35.5. The Morgan fingerprint density at radius 1 is 1.21 bits per heavy atom. The summed E-state index contributed by atoms with van der Waals surface area (Å²) in [6.07, 6.45) is 2.13. The molecule has 0 amide bonds. The van der Waals surface area contributed by atoms with Gasteiger partial charge in [0.05, 0.1) is 23.5 Å². The minimum atomic E-state index is -4.74. The number of fused-ring (bicyclic) bond motifs is 1. The Morgan fingerprint density at radius 2 is 1.85 bits per heavy atom. The number of rotatable bonds is 5. The Kier molecular flexibility index (Phi) is 6.59. The summed E-state index contributed by atoms with van der Waals surface area (Å²) in [5.41, 5.74) is 1.54. The highest BCUT2D eigenvalue weighted by Gasteiger charge is 2.39. The monoisotopic (exact) mass is 511 g/mol. The molecule has 3 aromatic rings. The average Bonchev–Trinajstić information content (AvgIpc) is 3.12. The molecule has 180 valence electrons. The molecule has 1 fully saturated rings. The van der Waals surface area contributed by atoms with E-state index in [0.29, 0.717) is 28.6 Å². The zero-order chi connectivity index (χ0) is 24.7. The zero-order valence-corrected chi connectivity index (χ0v) is 19.7. The van der Waals surface area contributed by atoms with Crippen LogP contribution in [-0.4, -0.2) is 35.2 Å². The quantitative estimate of drug-likeness (QED) is 0.497. The molecule has 1 aromatic carbocycles. The largest absolute Gasteiger partial charge is 0.404 e. The van der Waals surface area contributed by atoms with E-state index in [0.717, 1.165) is 50.0 Å². The summed E-state index contributed by atoms with van der Waals surface area (Å²) in [5, 5.41) is 11.1. The first-order valence-electron chi connectivity index (χ1n) is 10.7. The van der Waals surface area contributed by atoms with Crippen molar-refractivity contribution < 1.29 is 21.6 Å². The van der Waals surface area contributed by atoms with Crippen LogP contribution >= 0.6 is 11.6 Å².